The summed E-state index contributed by atoms with van der Waals surface area (Å²) >= 11 is 0. The van der Waals surface area contributed by atoms with Crippen LogP contribution in [0.25, 0.3) is 0 Å². The average molecular weight is 215 g/mol. The molecule has 2 heteroatoms. The number of hydrogen-bond donors (Lipinski definition) is 0. The maximum atomic E-state index is 11.8. The third-order valence-electron chi connectivity index (χ3n) is 3.86. The number of carbonyl (C=O) groups is 1. The van der Waals surface area contributed by atoms with Gasteiger partial charge in [0.2, 0.25) is 0 Å². The fourth-order valence-electron chi connectivity index (χ4n) is 2.65. The van der Waals surface area contributed by atoms with E-state index in [1.807, 2.05) is 18.2 Å². The molecule has 0 bridgehead atoms. The van der Waals surface area contributed by atoms with Crippen LogP contribution >= 0.6 is 0 Å². The minimum Gasteiger partial charge on any atom is -0.370 e. The van der Waals surface area contributed by atoms with Crippen molar-refractivity contribution in [2.24, 2.45) is 5.92 Å². The van der Waals surface area contributed by atoms with Crippen molar-refractivity contribution in [1.82, 2.24) is 0 Å². The Morgan fingerprint density at radius 2 is 2.06 bits per heavy atom. The van der Waals surface area contributed by atoms with E-state index in [9.17, 15) is 4.79 Å². The van der Waals surface area contributed by atoms with E-state index in [0.717, 1.165) is 30.3 Å². The van der Waals surface area contributed by atoms with Gasteiger partial charge in [-0.1, -0.05) is 18.6 Å². The van der Waals surface area contributed by atoms with Crippen LogP contribution in [0.3, 0.4) is 0 Å². The summed E-state index contributed by atoms with van der Waals surface area (Å²) in [6.45, 7) is 2.05. The lowest BCUT2D eigenvalue weighted by Gasteiger charge is -2.36. The monoisotopic (exact) mass is 215 g/mol. The Morgan fingerprint density at radius 1 is 1.25 bits per heavy atom. The van der Waals surface area contributed by atoms with Crippen LogP contribution in [-0.2, 0) is 0 Å². The SMILES string of the molecule is O=C1CCN(CC2CCC2)c2ccccc21. The maximum absolute atomic E-state index is 11.8. The fraction of sp³-hybridized carbons (Fsp3) is 0.500. The quantitative estimate of drug-likeness (QED) is 0.756. The molecule has 1 heterocycles. The summed E-state index contributed by atoms with van der Waals surface area (Å²) in [5.74, 6) is 1.17. The molecule has 0 aromatic heterocycles. The summed E-state index contributed by atoms with van der Waals surface area (Å²) in [6, 6.07) is 8.05. The van der Waals surface area contributed by atoms with E-state index < -0.39 is 0 Å². The molecule has 0 radical (unpaired) electrons. The first-order chi connectivity index (χ1) is 7.84. The van der Waals surface area contributed by atoms with Gasteiger partial charge >= 0.3 is 0 Å². The topological polar surface area (TPSA) is 20.3 Å². The van der Waals surface area contributed by atoms with Gasteiger partial charge in [-0.05, 0) is 30.9 Å². The average Bonchev–Trinajstić information content (AvgIpc) is 2.26. The number of rotatable bonds is 2. The van der Waals surface area contributed by atoms with Gasteiger partial charge in [0.25, 0.3) is 0 Å². The Kier molecular flexibility index (Phi) is 2.43. The summed E-state index contributed by atoms with van der Waals surface area (Å²) in [4.78, 5) is 14.2. The van der Waals surface area contributed by atoms with Crippen molar-refractivity contribution in [3.63, 3.8) is 0 Å². The first-order valence-electron chi connectivity index (χ1n) is 6.22. The van der Waals surface area contributed by atoms with Crippen molar-refractivity contribution in [3.8, 4) is 0 Å². The molecule has 3 rings (SSSR count). The number of ketones is 1. The molecule has 1 aromatic carbocycles. The zero-order valence-corrected chi connectivity index (χ0v) is 9.48. The molecule has 0 spiro atoms. The van der Waals surface area contributed by atoms with Gasteiger partial charge in [-0.25, -0.2) is 0 Å². The normalized spacial score (nSPS) is 20.5. The molecule has 16 heavy (non-hydrogen) atoms. The van der Waals surface area contributed by atoms with Crippen LogP contribution in [0, 0.1) is 5.92 Å². The Balaban J connectivity index is 1.85. The van der Waals surface area contributed by atoms with E-state index in [-0.39, 0.29) is 0 Å². The van der Waals surface area contributed by atoms with E-state index in [0.29, 0.717) is 12.2 Å². The van der Waals surface area contributed by atoms with Gasteiger partial charge in [0, 0.05) is 30.8 Å². The van der Waals surface area contributed by atoms with Crippen LogP contribution in [0.2, 0.25) is 0 Å². The van der Waals surface area contributed by atoms with Gasteiger partial charge in [0.15, 0.2) is 5.78 Å². The third kappa shape index (κ3) is 1.62. The van der Waals surface area contributed by atoms with E-state index in [2.05, 4.69) is 11.0 Å². The summed E-state index contributed by atoms with van der Waals surface area (Å²) in [5.41, 5.74) is 2.08. The highest BCUT2D eigenvalue weighted by atomic mass is 16.1. The molecule has 0 saturated heterocycles. The molecule has 1 fully saturated rings. The summed E-state index contributed by atoms with van der Waals surface area (Å²) in [5, 5.41) is 0. The number of benzene rings is 1. The van der Waals surface area contributed by atoms with Crippen molar-refractivity contribution >= 4 is 11.5 Å². The Morgan fingerprint density at radius 3 is 2.81 bits per heavy atom. The summed E-state index contributed by atoms with van der Waals surface area (Å²) < 4.78 is 0. The molecular formula is C14H17NO. The molecular weight excluding hydrogens is 198 g/mol. The lowest BCUT2D eigenvalue weighted by molar-refractivity contribution is 0.0979. The second-order valence-corrected chi connectivity index (χ2v) is 4.93. The predicted octanol–water partition coefficient (Wildman–Crippen LogP) is 2.88. The summed E-state index contributed by atoms with van der Waals surface area (Å²) in [7, 11) is 0. The molecule has 2 aliphatic rings. The highest BCUT2D eigenvalue weighted by Crippen LogP contribution is 2.32. The number of para-hydroxylation sites is 1. The molecule has 0 unspecified atom stereocenters. The van der Waals surface area contributed by atoms with E-state index >= 15 is 0 Å². The second kappa shape index (κ2) is 3.93. The smallest absolute Gasteiger partial charge is 0.166 e. The minimum atomic E-state index is 0.306. The molecule has 1 saturated carbocycles. The van der Waals surface area contributed by atoms with E-state index in [1.165, 1.54) is 19.3 Å². The molecule has 0 atom stereocenters. The molecule has 0 amide bonds. The predicted molar refractivity (Wildman–Crippen MR) is 64.9 cm³/mol. The third-order valence-corrected chi connectivity index (χ3v) is 3.86. The van der Waals surface area contributed by atoms with Crippen molar-refractivity contribution in [3.05, 3.63) is 29.8 Å². The number of nitrogens with zero attached hydrogens (tertiary/aromatic N) is 1. The van der Waals surface area contributed by atoms with Crippen molar-refractivity contribution in [1.29, 1.82) is 0 Å². The van der Waals surface area contributed by atoms with Crippen LogP contribution in [0.5, 0.6) is 0 Å². The molecule has 1 aliphatic carbocycles. The van der Waals surface area contributed by atoms with Crippen LogP contribution in [0.1, 0.15) is 36.0 Å². The lowest BCUT2D eigenvalue weighted by atomic mass is 9.84. The highest BCUT2D eigenvalue weighted by Gasteiger charge is 2.26. The summed E-state index contributed by atoms with van der Waals surface area (Å²) in [6.07, 6.45) is 4.81. The first-order valence-corrected chi connectivity index (χ1v) is 6.22. The highest BCUT2D eigenvalue weighted by molar-refractivity contribution is 6.03. The molecule has 1 aliphatic heterocycles. The maximum Gasteiger partial charge on any atom is 0.166 e. The van der Waals surface area contributed by atoms with Crippen molar-refractivity contribution in [2.75, 3.05) is 18.0 Å². The molecule has 0 N–H and O–H groups in total. The Labute approximate surface area is 96.3 Å². The van der Waals surface area contributed by atoms with Crippen molar-refractivity contribution < 1.29 is 4.79 Å². The van der Waals surface area contributed by atoms with Gasteiger partial charge in [0.05, 0.1) is 0 Å². The van der Waals surface area contributed by atoms with Crippen LogP contribution in [0.4, 0.5) is 5.69 Å². The minimum absolute atomic E-state index is 0.306. The lowest BCUT2D eigenvalue weighted by Crippen LogP contribution is -2.37. The van der Waals surface area contributed by atoms with Crippen LogP contribution < -0.4 is 4.90 Å². The second-order valence-electron chi connectivity index (χ2n) is 4.93. The molecule has 84 valence electrons. The van der Waals surface area contributed by atoms with Gasteiger partial charge in [-0.2, -0.15) is 0 Å². The molecule has 1 aromatic rings. The van der Waals surface area contributed by atoms with Crippen LogP contribution in [0.15, 0.2) is 24.3 Å². The largest absolute Gasteiger partial charge is 0.370 e. The van der Waals surface area contributed by atoms with Gasteiger partial charge in [-0.15, -0.1) is 0 Å². The van der Waals surface area contributed by atoms with E-state index in [1.54, 1.807) is 0 Å². The zero-order chi connectivity index (χ0) is 11.0. The van der Waals surface area contributed by atoms with Gasteiger partial charge in [0.1, 0.15) is 0 Å². The van der Waals surface area contributed by atoms with Gasteiger partial charge < -0.3 is 4.90 Å². The zero-order valence-electron chi connectivity index (χ0n) is 9.48. The Hall–Kier alpha value is -1.31. The standard InChI is InChI=1S/C14H17NO/c16-14-8-9-15(10-11-4-3-5-11)13-7-2-1-6-12(13)14/h1-2,6-7,11H,3-5,8-10H2. The van der Waals surface area contributed by atoms with Crippen molar-refractivity contribution in [2.45, 2.75) is 25.7 Å². The van der Waals surface area contributed by atoms with Crippen LogP contribution in [-0.4, -0.2) is 18.9 Å². The number of anilines is 1. The first kappa shape index (κ1) is 9.88. The number of hydrogen-bond acceptors (Lipinski definition) is 2. The fourth-order valence-corrected chi connectivity index (χ4v) is 2.65. The number of fused-ring (bicyclic) bond motifs is 1. The Bertz CT molecular complexity index is 409. The number of Topliss-reactive ketones (excluding diaryl/α,β-unsaturated/α-hetero) is 1. The van der Waals surface area contributed by atoms with Gasteiger partial charge in [-0.3, -0.25) is 4.79 Å². The molecule has 2 nitrogen and oxygen atoms in total. The number of carbonyl (C=O) groups excluding carboxylic acids is 1. The van der Waals surface area contributed by atoms with E-state index in [4.69, 9.17) is 0 Å².